The minimum atomic E-state index is -4.51. The molecule has 0 N–H and O–H groups in total. The third-order valence-electron chi connectivity index (χ3n) is 0.327. The SMILES string of the molecule is C[CH2][Al+2].[O-]CC(F)(F)F.[O-]CC(F)(F)F. The van der Waals surface area contributed by atoms with Crippen LogP contribution in [0.4, 0.5) is 26.3 Å². The predicted octanol–water partition coefficient (Wildman–Crippen LogP) is 0.411. The molecule has 0 spiro atoms. The van der Waals surface area contributed by atoms with Crippen LogP contribution in [0.15, 0.2) is 0 Å². The third kappa shape index (κ3) is 55.8. The molecule has 0 aliphatic heterocycles. The summed E-state index contributed by atoms with van der Waals surface area (Å²) >= 11 is 2.58. The number of hydrogen-bond acceptors (Lipinski definition) is 2. The van der Waals surface area contributed by atoms with E-state index in [-0.39, 0.29) is 0 Å². The molecule has 2 nitrogen and oxygen atoms in total. The quantitative estimate of drug-likeness (QED) is 0.464. The molecule has 0 aliphatic carbocycles. The van der Waals surface area contributed by atoms with Gasteiger partial charge in [-0.15, -0.1) is 0 Å². The summed E-state index contributed by atoms with van der Waals surface area (Å²) in [5, 5.41) is 18.8. The van der Waals surface area contributed by atoms with Crippen LogP contribution in [-0.2, 0) is 0 Å². The summed E-state index contributed by atoms with van der Waals surface area (Å²) in [6.45, 7) is -1.87. The van der Waals surface area contributed by atoms with Crippen LogP contribution in [0.3, 0.4) is 0 Å². The van der Waals surface area contributed by atoms with Crippen molar-refractivity contribution >= 4 is 16.3 Å². The van der Waals surface area contributed by atoms with Crippen molar-refractivity contribution in [2.75, 3.05) is 13.2 Å². The fraction of sp³-hybridized carbons (Fsp3) is 1.00. The molecular formula is C6H9AlF6O2. The molecule has 0 aromatic rings. The normalized spacial score (nSPS) is 10.9. The first-order valence-corrected chi connectivity index (χ1v) is 4.35. The Labute approximate surface area is 91.3 Å². The maximum absolute atomic E-state index is 10.5. The molecule has 0 aromatic heterocycles. The largest absolute Gasteiger partial charge is 0.848 e. The number of alkyl halides is 6. The summed E-state index contributed by atoms with van der Waals surface area (Å²) in [7, 11) is 0. The average molecular weight is 254 g/mol. The van der Waals surface area contributed by atoms with E-state index >= 15 is 0 Å². The van der Waals surface area contributed by atoms with Gasteiger partial charge in [0.15, 0.2) is 0 Å². The smallest absolute Gasteiger partial charge is 0.374 e. The van der Waals surface area contributed by atoms with Crippen molar-refractivity contribution in [3.05, 3.63) is 0 Å². The molecular weight excluding hydrogens is 245 g/mol. The van der Waals surface area contributed by atoms with E-state index in [4.69, 9.17) is 10.2 Å². The molecule has 9 heteroatoms. The molecule has 0 heterocycles. The Hall–Kier alpha value is 0.0325. The van der Waals surface area contributed by atoms with Gasteiger partial charge in [0.25, 0.3) is 0 Å². The monoisotopic (exact) mass is 254 g/mol. The van der Waals surface area contributed by atoms with Crippen molar-refractivity contribution in [1.82, 2.24) is 0 Å². The summed E-state index contributed by atoms with van der Waals surface area (Å²) in [5.74, 6) is 0. The number of halogens is 6. The summed E-state index contributed by atoms with van der Waals surface area (Å²) in [5.41, 5.74) is 0. The van der Waals surface area contributed by atoms with E-state index in [2.05, 4.69) is 23.2 Å². The van der Waals surface area contributed by atoms with Crippen LogP contribution in [0.5, 0.6) is 0 Å². The first-order chi connectivity index (χ1) is 6.54. The molecule has 0 amide bonds. The van der Waals surface area contributed by atoms with Crippen molar-refractivity contribution in [3.8, 4) is 0 Å². The molecule has 0 rings (SSSR count). The minimum absolute atomic E-state index is 1.17. The summed E-state index contributed by atoms with van der Waals surface area (Å²) in [6.07, 6.45) is -9.03. The fourth-order valence-electron chi connectivity index (χ4n) is 0. The van der Waals surface area contributed by atoms with Crippen LogP contribution in [0, 0.1) is 0 Å². The third-order valence-corrected chi connectivity index (χ3v) is 0.327. The van der Waals surface area contributed by atoms with Crippen LogP contribution in [0.1, 0.15) is 6.92 Å². The zero-order valence-electron chi connectivity index (χ0n) is 7.78. The Morgan fingerprint density at radius 2 is 0.933 bits per heavy atom. The Balaban J connectivity index is -0.000000153. The van der Waals surface area contributed by atoms with Crippen LogP contribution < -0.4 is 10.2 Å². The molecule has 90 valence electrons. The van der Waals surface area contributed by atoms with Gasteiger partial charge >= 0.3 is 40.8 Å². The maximum Gasteiger partial charge on any atom is 0.374 e. The molecule has 0 aliphatic rings. The second-order valence-corrected chi connectivity index (χ2v) is 2.74. The van der Waals surface area contributed by atoms with E-state index in [1.165, 1.54) is 5.28 Å². The van der Waals surface area contributed by atoms with Crippen LogP contribution in [0.2, 0.25) is 5.28 Å². The number of hydrogen-bond donors (Lipinski definition) is 0. The summed E-state index contributed by atoms with van der Waals surface area (Å²) in [4.78, 5) is 0. The van der Waals surface area contributed by atoms with Crippen molar-refractivity contribution in [3.63, 3.8) is 0 Å². The van der Waals surface area contributed by atoms with Gasteiger partial charge in [-0.3, -0.25) is 0 Å². The van der Waals surface area contributed by atoms with E-state index in [9.17, 15) is 26.3 Å². The fourth-order valence-corrected chi connectivity index (χ4v) is 0. The minimum Gasteiger partial charge on any atom is -0.848 e. The Morgan fingerprint density at radius 1 is 0.867 bits per heavy atom. The zero-order chi connectivity index (χ0) is 13.1. The first-order valence-electron chi connectivity index (χ1n) is 3.53. The van der Waals surface area contributed by atoms with Gasteiger partial charge in [0.2, 0.25) is 0 Å². The van der Waals surface area contributed by atoms with Crippen molar-refractivity contribution < 1.29 is 36.6 Å². The van der Waals surface area contributed by atoms with E-state index in [0.29, 0.717) is 0 Å². The van der Waals surface area contributed by atoms with Gasteiger partial charge < -0.3 is 10.2 Å². The van der Waals surface area contributed by atoms with Gasteiger partial charge in [0, 0.05) is 0 Å². The van der Waals surface area contributed by atoms with E-state index in [1.807, 2.05) is 0 Å². The summed E-state index contributed by atoms with van der Waals surface area (Å²) in [6, 6.07) is 0. The van der Waals surface area contributed by atoms with Gasteiger partial charge in [-0.05, 0) is 13.2 Å². The van der Waals surface area contributed by atoms with Gasteiger partial charge in [-0.1, -0.05) is 0 Å². The Bertz CT molecular complexity index is 110. The Kier molecular flexibility index (Phi) is 14.4. The van der Waals surface area contributed by atoms with Gasteiger partial charge in [-0.25, -0.2) is 0 Å². The Morgan fingerprint density at radius 3 is 0.933 bits per heavy atom. The molecule has 0 radical (unpaired) electrons. The van der Waals surface area contributed by atoms with Gasteiger partial charge in [-0.2, -0.15) is 26.3 Å². The number of rotatable bonds is 0. The zero-order valence-corrected chi connectivity index (χ0v) is 8.94. The molecule has 0 fully saturated rings. The molecule has 0 unspecified atom stereocenters. The second kappa shape index (κ2) is 10.5. The van der Waals surface area contributed by atoms with E-state index < -0.39 is 25.6 Å². The molecule has 0 bridgehead atoms. The second-order valence-electron chi connectivity index (χ2n) is 1.93. The van der Waals surface area contributed by atoms with Crippen LogP contribution >= 0.6 is 0 Å². The molecule has 15 heavy (non-hydrogen) atoms. The van der Waals surface area contributed by atoms with E-state index in [0.717, 1.165) is 0 Å². The molecule has 0 saturated carbocycles. The summed E-state index contributed by atoms with van der Waals surface area (Å²) < 4.78 is 62.8. The van der Waals surface area contributed by atoms with Crippen molar-refractivity contribution in [1.29, 1.82) is 0 Å². The van der Waals surface area contributed by atoms with Crippen molar-refractivity contribution in [2.45, 2.75) is 24.6 Å². The van der Waals surface area contributed by atoms with Gasteiger partial charge in [0.05, 0.1) is 0 Å². The van der Waals surface area contributed by atoms with Crippen molar-refractivity contribution in [2.24, 2.45) is 0 Å². The van der Waals surface area contributed by atoms with Gasteiger partial charge in [0.1, 0.15) is 0 Å². The average Bonchev–Trinajstić information content (AvgIpc) is 2.04. The first kappa shape index (κ1) is 20.4. The topological polar surface area (TPSA) is 46.1 Å². The van der Waals surface area contributed by atoms with Crippen LogP contribution in [0.25, 0.3) is 0 Å². The molecule has 0 aromatic carbocycles. The van der Waals surface area contributed by atoms with E-state index in [1.54, 1.807) is 0 Å². The predicted molar refractivity (Wildman–Crippen MR) is 38.1 cm³/mol. The van der Waals surface area contributed by atoms with Crippen LogP contribution in [-0.4, -0.2) is 41.9 Å². The molecule has 0 atom stereocenters. The maximum atomic E-state index is 10.5. The standard InChI is InChI=1S/2C2H2F3O.C2H5.Al/c2*3-2(4,5)1-6;1-2;/h2*1H2;1H2,2H3;/q2*-1;;+2. The molecule has 0 saturated heterocycles.